The van der Waals surface area contributed by atoms with Crippen LogP contribution in [0.25, 0.3) is 0 Å². The maximum Gasteiger partial charge on any atom is 0.326 e. The van der Waals surface area contributed by atoms with Crippen molar-refractivity contribution in [2.24, 2.45) is 0 Å². The second-order valence-electron chi connectivity index (χ2n) is 3.32. The van der Waals surface area contributed by atoms with Gasteiger partial charge in [-0.15, -0.1) is 0 Å². The zero-order valence-electron chi connectivity index (χ0n) is 10.0. The van der Waals surface area contributed by atoms with Crippen LogP contribution in [0.1, 0.15) is 20.3 Å². The largest absolute Gasteiger partial charge is 0.480 e. The highest BCUT2D eigenvalue weighted by Crippen LogP contribution is 1.95. The van der Waals surface area contributed by atoms with E-state index >= 15 is 0 Å². The van der Waals surface area contributed by atoms with Gasteiger partial charge in [0, 0.05) is 20.2 Å². The lowest BCUT2D eigenvalue weighted by Gasteiger charge is -2.23. The minimum absolute atomic E-state index is 0.364. The highest BCUT2D eigenvalue weighted by molar-refractivity contribution is 5.82. The van der Waals surface area contributed by atoms with Gasteiger partial charge >= 0.3 is 12.0 Å². The lowest BCUT2D eigenvalue weighted by atomic mass is 10.2. The third kappa shape index (κ3) is 4.97. The molecule has 0 rings (SSSR count). The molecule has 0 aromatic carbocycles. The van der Waals surface area contributed by atoms with Gasteiger partial charge in [-0.05, 0) is 13.3 Å². The number of amides is 2. The molecular formula is C10H20N2O4. The summed E-state index contributed by atoms with van der Waals surface area (Å²) in [5.74, 6) is -1.02. The molecule has 0 aromatic heterocycles. The number of hydrogen-bond donors (Lipinski definition) is 2. The Bertz CT molecular complexity index is 233. The van der Waals surface area contributed by atoms with Gasteiger partial charge in [-0.3, -0.25) is 0 Å². The average molecular weight is 232 g/mol. The van der Waals surface area contributed by atoms with Crippen LogP contribution in [-0.2, 0) is 9.53 Å². The van der Waals surface area contributed by atoms with Crippen molar-refractivity contribution in [1.82, 2.24) is 10.2 Å². The first-order valence-corrected chi connectivity index (χ1v) is 5.33. The summed E-state index contributed by atoms with van der Waals surface area (Å²) in [4.78, 5) is 23.9. The van der Waals surface area contributed by atoms with Gasteiger partial charge in [-0.2, -0.15) is 0 Å². The van der Waals surface area contributed by atoms with Crippen molar-refractivity contribution in [3.05, 3.63) is 0 Å². The number of nitrogens with one attached hydrogen (secondary N) is 1. The summed E-state index contributed by atoms with van der Waals surface area (Å²) in [6, 6.07) is -1.20. The Morgan fingerprint density at radius 3 is 2.44 bits per heavy atom. The fraction of sp³-hybridized carbons (Fsp3) is 0.800. The topological polar surface area (TPSA) is 78.9 Å². The monoisotopic (exact) mass is 232 g/mol. The Hall–Kier alpha value is -1.30. The highest BCUT2D eigenvalue weighted by Gasteiger charge is 2.20. The number of methoxy groups -OCH3 is 1. The van der Waals surface area contributed by atoms with Gasteiger partial charge in [0.15, 0.2) is 0 Å². The van der Waals surface area contributed by atoms with Crippen LogP contribution >= 0.6 is 0 Å². The maximum atomic E-state index is 11.6. The Labute approximate surface area is 95.6 Å². The number of carbonyl (C=O) groups excluding carboxylic acids is 1. The zero-order valence-corrected chi connectivity index (χ0v) is 10.0. The van der Waals surface area contributed by atoms with Gasteiger partial charge in [-0.1, -0.05) is 6.92 Å². The van der Waals surface area contributed by atoms with E-state index in [9.17, 15) is 9.59 Å². The van der Waals surface area contributed by atoms with Gasteiger partial charge in [-0.25, -0.2) is 9.59 Å². The first-order valence-electron chi connectivity index (χ1n) is 5.33. The molecule has 0 radical (unpaired) electrons. The van der Waals surface area contributed by atoms with Gasteiger partial charge in [0.2, 0.25) is 0 Å². The molecule has 16 heavy (non-hydrogen) atoms. The van der Waals surface area contributed by atoms with Crippen LogP contribution in [-0.4, -0.2) is 54.9 Å². The van der Waals surface area contributed by atoms with Crippen molar-refractivity contribution in [2.75, 3.05) is 26.8 Å². The van der Waals surface area contributed by atoms with E-state index in [-0.39, 0.29) is 6.03 Å². The number of carboxylic acids is 1. The van der Waals surface area contributed by atoms with E-state index in [0.717, 1.165) is 0 Å². The Kier molecular flexibility index (Phi) is 7.28. The molecule has 0 fully saturated rings. The Balaban J connectivity index is 4.23. The van der Waals surface area contributed by atoms with E-state index < -0.39 is 12.0 Å². The quantitative estimate of drug-likeness (QED) is 0.671. The molecule has 0 saturated heterocycles. The number of aliphatic carboxylic acids is 1. The minimum atomic E-state index is -1.02. The number of hydrogen-bond acceptors (Lipinski definition) is 3. The lowest BCUT2D eigenvalue weighted by molar-refractivity contribution is -0.139. The van der Waals surface area contributed by atoms with Gasteiger partial charge in [0.25, 0.3) is 0 Å². The summed E-state index contributed by atoms with van der Waals surface area (Å²) in [6.07, 6.45) is 0.364. The molecule has 0 bridgehead atoms. The fourth-order valence-corrected chi connectivity index (χ4v) is 1.18. The van der Waals surface area contributed by atoms with Gasteiger partial charge < -0.3 is 20.1 Å². The molecule has 2 amide bonds. The zero-order chi connectivity index (χ0) is 12.6. The molecule has 0 aliphatic rings. The van der Waals surface area contributed by atoms with Crippen molar-refractivity contribution in [3.63, 3.8) is 0 Å². The molecule has 6 nitrogen and oxygen atoms in total. The summed E-state index contributed by atoms with van der Waals surface area (Å²) in [6.45, 7) is 4.95. The Morgan fingerprint density at radius 2 is 2.06 bits per heavy atom. The SMILES string of the molecule is CCC(NC(=O)N(CC)CCOC)C(=O)O. The first kappa shape index (κ1) is 14.7. The van der Waals surface area contributed by atoms with Crippen molar-refractivity contribution >= 4 is 12.0 Å². The molecule has 0 spiro atoms. The van der Waals surface area contributed by atoms with Gasteiger partial charge in [0.05, 0.1) is 6.61 Å². The van der Waals surface area contributed by atoms with E-state index in [1.54, 1.807) is 14.0 Å². The third-order valence-electron chi connectivity index (χ3n) is 2.24. The van der Waals surface area contributed by atoms with Crippen molar-refractivity contribution in [1.29, 1.82) is 0 Å². The highest BCUT2D eigenvalue weighted by atomic mass is 16.5. The molecule has 1 atom stereocenters. The van der Waals surface area contributed by atoms with Crippen molar-refractivity contribution in [3.8, 4) is 0 Å². The molecule has 6 heteroatoms. The van der Waals surface area contributed by atoms with E-state index in [0.29, 0.717) is 26.1 Å². The second-order valence-corrected chi connectivity index (χ2v) is 3.32. The van der Waals surface area contributed by atoms with Crippen LogP contribution in [0.2, 0.25) is 0 Å². The van der Waals surface area contributed by atoms with Crippen molar-refractivity contribution in [2.45, 2.75) is 26.3 Å². The van der Waals surface area contributed by atoms with Crippen LogP contribution < -0.4 is 5.32 Å². The number of carboxylic acid groups (broad SMARTS) is 1. The van der Waals surface area contributed by atoms with E-state index in [1.165, 1.54) is 4.90 Å². The summed E-state index contributed by atoms with van der Waals surface area (Å²) in [5.41, 5.74) is 0. The number of rotatable bonds is 7. The molecule has 0 aliphatic carbocycles. The molecule has 0 saturated carbocycles. The number of ether oxygens (including phenoxy) is 1. The average Bonchev–Trinajstić information content (AvgIpc) is 2.26. The molecule has 1 unspecified atom stereocenters. The molecule has 2 N–H and O–H groups in total. The third-order valence-corrected chi connectivity index (χ3v) is 2.24. The van der Waals surface area contributed by atoms with Crippen LogP contribution in [0.15, 0.2) is 0 Å². The standard InChI is InChI=1S/C10H20N2O4/c1-4-8(9(13)14)11-10(15)12(5-2)6-7-16-3/h8H,4-7H2,1-3H3,(H,11,15)(H,13,14). The maximum absolute atomic E-state index is 11.6. The normalized spacial score (nSPS) is 11.9. The predicted octanol–water partition coefficient (Wildman–Crippen LogP) is 0.527. The van der Waals surface area contributed by atoms with Crippen LogP contribution in [0.5, 0.6) is 0 Å². The molecule has 0 heterocycles. The summed E-state index contributed by atoms with van der Waals surface area (Å²) in [5, 5.41) is 11.3. The lowest BCUT2D eigenvalue weighted by Crippen LogP contribution is -2.48. The van der Waals surface area contributed by atoms with Crippen LogP contribution in [0.3, 0.4) is 0 Å². The Morgan fingerprint density at radius 1 is 1.44 bits per heavy atom. The molecule has 0 aliphatic heterocycles. The van der Waals surface area contributed by atoms with Crippen LogP contribution in [0, 0.1) is 0 Å². The fourth-order valence-electron chi connectivity index (χ4n) is 1.18. The molecular weight excluding hydrogens is 212 g/mol. The number of urea groups is 1. The van der Waals surface area contributed by atoms with E-state index in [1.807, 2.05) is 6.92 Å². The minimum Gasteiger partial charge on any atom is -0.480 e. The second kappa shape index (κ2) is 7.92. The molecule has 94 valence electrons. The summed E-state index contributed by atoms with van der Waals surface area (Å²) >= 11 is 0. The van der Waals surface area contributed by atoms with Gasteiger partial charge in [0.1, 0.15) is 6.04 Å². The predicted molar refractivity (Wildman–Crippen MR) is 59.4 cm³/mol. The van der Waals surface area contributed by atoms with Crippen LogP contribution in [0.4, 0.5) is 4.79 Å². The summed E-state index contributed by atoms with van der Waals surface area (Å²) in [7, 11) is 1.55. The first-order chi connectivity index (χ1) is 7.56. The smallest absolute Gasteiger partial charge is 0.326 e. The number of carbonyl (C=O) groups is 2. The molecule has 0 aromatic rings. The number of likely N-dealkylation sites (N-methyl/N-ethyl adjacent to an activating group) is 1. The van der Waals surface area contributed by atoms with Crippen molar-refractivity contribution < 1.29 is 19.4 Å². The van der Waals surface area contributed by atoms with E-state index in [2.05, 4.69) is 5.32 Å². The summed E-state index contributed by atoms with van der Waals surface area (Å²) < 4.78 is 4.87. The van der Waals surface area contributed by atoms with E-state index in [4.69, 9.17) is 9.84 Å². The number of nitrogens with zero attached hydrogens (tertiary/aromatic N) is 1.